The zero-order valence-electron chi connectivity index (χ0n) is 14.2. The molecule has 2 fully saturated rings. The van der Waals surface area contributed by atoms with E-state index < -0.39 is 0 Å². The van der Waals surface area contributed by atoms with Crippen LogP contribution in [0.25, 0.3) is 0 Å². The zero-order chi connectivity index (χ0) is 16.6. The van der Waals surface area contributed by atoms with Crippen molar-refractivity contribution < 1.29 is 14.6 Å². The van der Waals surface area contributed by atoms with Crippen molar-refractivity contribution >= 4 is 5.91 Å². The molecule has 0 bridgehead atoms. The molecule has 0 aromatic carbocycles. The smallest absolute Gasteiger partial charge is 0.255 e. The Morgan fingerprint density at radius 2 is 2.09 bits per heavy atom. The number of aryl methyl sites for hydroxylation is 2. The molecule has 2 aliphatic rings. The number of piperidine rings is 1. The van der Waals surface area contributed by atoms with Gasteiger partial charge in [-0.25, -0.2) is 0 Å². The molecule has 23 heavy (non-hydrogen) atoms. The lowest BCUT2D eigenvalue weighted by Gasteiger charge is -2.56. The summed E-state index contributed by atoms with van der Waals surface area (Å²) >= 11 is 0. The number of pyridine rings is 1. The van der Waals surface area contributed by atoms with Crippen molar-refractivity contribution in [3.8, 4) is 0 Å². The van der Waals surface area contributed by atoms with E-state index in [1.54, 1.807) is 0 Å². The van der Waals surface area contributed by atoms with Crippen molar-refractivity contribution in [1.29, 1.82) is 0 Å². The average molecular weight is 318 g/mol. The highest BCUT2D eigenvalue weighted by Crippen LogP contribution is 2.51. The van der Waals surface area contributed by atoms with Gasteiger partial charge in [-0.2, -0.15) is 0 Å². The third-order valence-electron chi connectivity index (χ3n) is 5.55. The first-order valence-corrected chi connectivity index (χ1v) is 8.51. The molecule has 5 heteroatoms. The first kappa shape index (κ1) is 16.4. The number of aromatic nitrogens is 1. The molecule has 1 aliphatic carbocycles. The van der Waals surface area contributed by atoms with Crippen LogP contribution in [0.1, 0.15) is 47.9 Å². The van der Waals surface area contributed by atoms with E-state index in [0.717, 1.165) is 30.7 Å². The zero-order valence-corrected chi connectivity index (χ0v) is 14.2. The summed E-state index contributed by atoms with van der Waals surface area (Å²) in [7, 11) is 0. The third kappa shape index (κ3) is 2.76. The van der Waals surface area contributed by atoms with E-state index in [2.05, 4.69) is 4.98 Å². The van der Waals surface area contributed by atoms with E-state index in [-0.39, 0.29) is 23.5 Å². The number of ether oxygens (including phenoxy) is 1. The lowest BCUT2D eigenvalue weighted by atomic mass is 9.58. The Kier molecular flexibility index (Phi) is 4.43. The van der Waals surface area contributed by atoms with Crippen molar-refractivity contribution in [1.82, 2.24) is 9.88 Å². The van der Waals surface area contributed by atoms with Crippen LogP contribution < -0.4 is 0 Å². The number of aliphatic hydroxyl groups is 1. The molecule has 1 spiro atoms. The number of nitrogens with zero attached hydrogens (tertiary/aromatic N) is 2. The molecule has 1 aliphatic heterocycles. The Hall–Kier alpha value is -1.46. The molecule has 1 N–H and O–H groups in total. The summed E-state index contributed by atoms with van der Waals surface area (Å²) in [5.41, 5.74) is 2.25. The highest BCUT2D eigenvalue weighted by atomic mass is 16.5. The van der Waals surface area contributed by atoms with Crippen LogP contribution in [0.4, 0.5) is 0 Å². The first-order chi connectivity index (χ1) is 11.0. The minimum atomic E-state index is -0.293. The van der Waals surface area contributed by atoms with Gasteiger partial charge in [0.2, 0.25) is 0 Å². The van der Waals surface area contributed by atoms with Crippen LogP contribution in [-0.4, -0.2) is 52.8 Å². The predicted octanol–water partition coefficient (Wildman–Crippen LogP) is 2.09. The van der Waals surface area contributed by atoms with Crippen molar-refractivity contribution in [3.05, 3.63) is 29.1 Å². The molecule has 2 unspecified atom stereocenters. The van der Waals surface area contributed by atoms with Crippen molar-refractivity contribution in [2.24, 2.45) is 5.41 Å². The van der Waals surface area contributed by atoms with E-state index in [4.69, 9.17) is 4.74 Å². The van der Waals surface area contributed by atoms with Gasteiger partial charge in [0.15, 0.2) is 0 Å². The molecule has 2 atom stereocenters. The molecule has 1 aromatic heterocycles. The predicted molar refractivity (Wildman–Crippen MR) is 87.3 cm³/mol. The van der Waals surface area contributed by atoms with Crippen LogP contribution in [0.15, 0.2) is 12.1 Å². The van der Waals surface area contributed by atoms with E-state index >= 15 is 0 Å². The fourth-order valence-electron chi connectivity index (χ4n) is 4.03. The molecule has 5 nitrogen and oxygen atoms in total. The van der Waals surface area contributed by atoms with Gasteiger partial charge in [0, 0.05) is 37.2 Å². The molecule has 1 saturated heterocycles. The number of hydrogen-bond donors (Lipinski definition) is 1. The Bertz CT molecular complexity index is 592. The Morgan fingerprint density at radius 1 is 1.39 bits per heavy atom. The fraction of sp³-hybridized carbons (Fsp3) is 0.667. The van der Waals surface area contributed by atoms with Crippen LogP contribution in [0.5, 0.6) is 0 Å². The summed E-state index contributed by atoms with van der Waals surface area (Å²) < 4.78 is 5.78. The number of hydrogen-bond acceptors (Lipinski definition) is 4. The van der Waals surface area contributed by atoms with Crippen LogP contribution >= 0.6 is 0 Å². The first-order valence-electron chi connectivity index (χ1n) is 8.51. The quantitative estimate of drug-likeness (QED) is 0.927. The van der Waals surface area contributed by atoms with Gasteiger partial charge >= 0.3 is 0 Å². The van der Waals surface area contributed by atoms with Gasteiger partial charge in [0.1, 0.15) is 0 Å². The molecular weight excluding hydrogens is 292 g/mol. The molecule has 2 heterocycles. The van der Waals surface area contributed by atoms with E-state index in [9.17, 15) is 9.90 Å². The van der Waals surface area contributed by atoms with Gasteiger partial charge in [-0.05, 0) is 45.7 Å². The summed E-state index contributed by atoms with van der Waals surface area (Å²) in [5, 5.41) is 10.2. The molecular formula is C18H26N2O3. The second-order valence-corrected chi connectivity index (χ2v) is 6.81. The van der Waals surface area contributed by atoms with Crippen LogP contribution in [0.2, 0.25) is 0 Å². The largest absolute Gasteiger partial charge is 0.392 e. The van der Waals surface area contributed by atoms with Crippen molar-refractivity contribution in [3.63, 3.8) is 0 Å². The molecule has 1 aromatic rings. The lowest BCUT2D eigenvalue weighted by Crippen LogP contribution is -2.62. The molecule has 1 amide bonds. The monoisotopic (exact) mass is 318 g/mol. The average Bonchev–Trinajstić information content (AvgIpc) is 2.54. The van der Waals surface area contributed by atoms with Gasteiger partial charge in [-0.15, -0.1) is 0 Å². The highest BCUT2D eigenvalue weighted by Gasteiger charge is 2.56. The van der Waals surface area contributed by atoms with Crippen molar-refractivity contribution in [2.75, 3.05) is 19.7 Å². The van der Waals surface area contributed by atoms with Crippen LogP contribution in [0.3, 0.4) is 0 Å². The van der Waals surface area contributed by atoms with Gasteiger partial charge in [0.25, 0.3) is 5.91 Å². The molecule has 126 valence electrons. The number of carbonyl (C=O) groups excluding carboxylic acids is 1. The maximum absolute atomic E-state index is 12.7. The molecule has 3 rings (SSSR count). The summed E-state index contributed by atoms with van der Waals surface area (Å²) in [6.07, 6.45) is 2.19. The summed E-state index contributed by atoms with van der Waals surface area (Å²) in [6, 6.07) is 3.75. The maximum atomic E-state index is 12.7. The summed E-state index contributed by atoms with van der Waals surface area (Å²) in [6.45, 7) is 7.82. The van der Waals surface area contributed by atoms with Crippen LogP contribution in [0, 0.1) is 19.3 Å². The number of likely N-dealkylation sites (tertiary alicyclic amines) is 1. The normalized spacial score (nSPS) is 26.2. The van der Waals surface area contributed by atoms with Gasteiger partial charge in [-0.3, -0.25) is 9.78 Å². The fourth-order valence-corrected chi connectivity index (χ4v) is 4.03. The molecule has 1 saturated carbocycles. The Labute approximate surface area is 137 Å². The third-order valence-corrected chi connectivity index (χ3v) is 5.55. The van der Waals surface area contributed by atoms with Gasteiger partial charge in [-0.1, -0.05) is 0 Å². The second kappa shape index (κ2) is 6.21. The second-order valence-electron chi connectivity index (χ2n) is 6.81. The van der Waals surface area contributed by atoms with Gasteiger partial charge < -0.3 is 14.7 Å². The number of amides is 1. The summed E-state index contributed by atoms with van der Waals surface area (Å²) in [5.74, 6) is 0.0478. The topological polar surface area (TPSA) is 62.7 Å². The standard InChI is InChI=1S/C18H26N2O3/c1-4-23-16-11-15(21)18(16)7-9-20(10-8-18)17(22)14-6-5-12(2)19-13(14)3/h5-6,15-16,21H,4,7-11H2,1-3H3. The van der Waals surface area contributed by atoms with E-state index in [1.165, 1.54) is 0 Å². The summed E-state index contributed by atoms with van der Waals surface area (Å²) in [4.78, 5) is 19.0. The Morgan fingerprint density at radius 3 is 2.65 bits per heavy atom. The Balaban J connectivity index is 1.68. The lowest BCUT2D eigenvalue weighted by molar-refractivity contribution is -0.207. The van der Waals surface area contributed by atoms with Crippen molar-refractivity contribution in [2.45, 2.75) is 52.2 Å². The van der Waals surface area contributed by atoms with E-state index in [0.29, 0.717) is 25.3 Å². The van der Waals surface area contributed by atoms with Gasteiger partial charge in [0.05, 0.1) is 23.5 Å². The molecule has 0 radical (unpaired) electrons. The van der Waals surface area contributed by atoms with Crippen LogP contribution in [-0.2, 0) is 4.74 Å². The maximum Gasteiger partial charge on any atom is 0.255 e. The SMILES string of the molecule is CCOC1CC(O)C12CCN(C(=O)c1ccc(C)nc1C)CC2. The number of aliphatic hydroxyl groups excluding tert-OH is 1. The van der Waals surface area contributed by atoms with E-state index in [1.807, 2.05) is 37.8 Å². The highest BCUT2D eigenvalue weighted by molar-refractivity contribution is 5.95. The number of carbonyl (C=O) groups is 1. The minimum absolute atomic E-state index is 0.0478. The number of rotatable bonds is 3. The minimum Gasteiger partial charge on any atom is -0.392 e.